The highest BCUT2D eigenvalue weighted by atomic mass is 35.5. The molecule has 3 heterocycles. The van der Waals surface area contributed by atoms with E-state index in [1.165, 1.54) is 0 Å². The largest absolute Gasteiger partial charge is 0.396 e. The zero-order chi connectivity index (χ0) is 22.6. The van der Waals surface area contributed by atoms with Crippen LogP contribution in [0.4, 0.5) is 9.80 Å². The van der Waals surface area contributed by atoms with Gasteiger partial charge in [0.25, 0.3) is 5.91 Å². The van der Waals surface area contributed by atoms with Crippen molar-refractivity contribution in [3.05, 3.63) is 40.7 Å². The Morgan fingerprint density at radius 1 is 1.39 bits per heavy atom. The van der Waals surface area contributed by atoms with E-state index in [2.05, 4.69) is 10.3 Å². The summed E-state index contributed by atoms with van der Waals surface area (Å²) in [6, 6.07) is 5.35. The zero-order valence-corrected chi connectivity index (χ0v) is 19.9. The number of carbonyl (C=O) groups excluding carboxylic acids is 1. The number of fused-ring (bicyclic) bond motifs is 2. The third-order valence-corrected chi connectivity index (χ3v) is 9.34. The lowest BCUT2D eigenvalue weighted by atomic mass is 9.82. The summed E-state index contributed by atoms with van der Waals surface area (Å²) in [5, 5.41) is 17.7. The minimum atomic E-state index is -3.18. The molecule has 168 valence electrons. The molecule has 1 amide bonds. The van der Waals surface area contributed by atoms with E-state index in [0.29, 0.717) is 30.1 Å². The van der Waals surface area contributed by atoms with Crippen LogP contribution in [0.5, 0.6) is 0 Å². The molecule has 4 atom stereocenters. The van der Waals surface area contributed by atoms with E-state index in [1.54, 1.807) is 48.1 Å². The van der Waals surface area contributed by atoms with Crippen molar-refractivity contribution < 1.29 is 18.7 Å². The molecule has 10 heteroatoms. The molecule has 2 aliphatic rings. The monoisotopic (exact) mass is 466 g/mol. The molecule has 1 saturated heterocycles. The average Bonchev–Trinajstić information content (AvgIpc) is 3.32. The topological polar surface area (TPSA) is 80.5 Å². The lowest BCUT2D eigenvalue weighted by Crippen LogP contribution is -2.44. The van der Waals surface area contributed by atoms with E-state index in [1.807, 2.05) is 13.0 Å². The molecule has 2 aromatic rings. The van der Waals surface area contributed by atoms with Crippen LogP contribution in [0.2, 0.25) is 23.7 Å². The first-order valence-corrected chi connectivity index (χ1v) is 13.9. The van der Waals surface area contributed by atoms with E-state index >= 15 is 4.11 Å². The molecule has 0 bridgehead atoms. The number of amides is 1. The van der Waals surface area contributed by atoms with E-state index in [0.717, 1.165) is 11.3 Å². The van der Waals surface area contributed by atoms with Crippen LogP contribution in [-0.2, 0) is 28.1 Å². The summed E-state index contributed by atoms with van der Waals surface area (Å²) in [5.41, 5.74) is 0.578. The fourth-order valence-electron chi connectivity index (χ4n) is 5.33. The van der Waals surface area contributed by atoms with Crippen LogP contribution >= 0.6 is 11.6 Å². The number of halogens is 2. The molecule has 1 aromatic carbocycles. The van der Waals surface area contributed by atoms with Crippen molar-refractivity contribution >= 4 is 31.6 Å². The van der Waals surface area contributed by atoms with Gasteiger partial charge in [-0.25, -0.2) is 0 Å². The van der Waals surface area contributed by atoms with Crippen molar-refractivity contribution in [2.75, 3.05) is 18.6 Å². The van der Waals surface area contributed by atoms with Gasteiger partial charge in [0.2, 0.25) is 8.41 Å². The Kier molecular flexibility index (Phi) is 5.74. The number of carbonyl (C=O) groups is 1. The van der Waals surface area contributed by atoms with Gasteiger partial charge in [-0.1, -0.05) is 23.7 Å². The van der Waals surface area contributed by atoms with E-state index < -0.39 is 20.1 Å². The molecule has 1 aromatic heterocycles. The summed E-state index contributed by atoms with van der Waals surface area (Å²) in [6.07, 6.45) is 2.28. The van der Waals surface area contributed by atoms with Gasteiger partial charge >= 0.3 is 0 Å². The van der Waals surface area contributed by atoms with Crippen molar-refractivity contribution in [1.82, 2.24) is 15.0 Å². The number of hydrogen-bond acceptors (Lipinski definition) is 5. The third-order valence-electron chi connectivity index (χ3n) is 6.65. The minimum Gasteiger partial charge on any atom is -0.396 e. The highest BCUT2D eigenvalue weighted by Gasteiger charge is 2.66. The number of benzene rings is 1. The fourth-order valence-corrected chi connectivity index (χ4v) is 8.05. The van der Waals surface area contributed by atoms with Crippen LogP contribution in [-0.4, -0.2) is 54.2 Å². The van der Waals surface area contributed by atoms with Crippen LogP contribution in [0.25, 0.3) is 0 Å². The first-order valence-electron chi connectivity index (χ1n) is 10.5. The van der Waals surface area contributed by atoms with Gasteiger partial charge < -0.3 is 18.9 Å². The van der Waals surface area contributed by atoms with Crippen molar-refractivity contribution in [1.29, 1.82) is 0 Å². The van der Waals surface area contributed by atoms with E-state index in [-0.39, 0.29) is 24.0 Å². The zero-order valence-electron chi connectivity index (χ0n) is 18.2. The standard InChI is InChI=1S/C21H28ClFN4O3Si/c1-13-19(31(3,4)23)18(7-9-27-12-15(8-10-28)24-25-27)30-21(13)16-11-14(22)5-6-17(16)26(2)20(21)29/h5-6,11-13,18-19,28H,7-10H2,1-4H3/t13-,18+,19-,21+/m0/s1. The number of nitrogens with zero attached hydrogens (tertiary/aromatic N) is 4. The van der Waals surface area contributed by atoms with Crippen molar-refractivity contribution in [2.24, 2.45) is 5.92 Å². The average molecular weight is 467 g/mol. The van der Waals surface area contributed by atoms with Crippen molar-refractivity contribution in [3.8, 4) is 0 Å². The number of aliphatic hydroxyl groups excluding tert-OH is 1. The molecule has 1 fully saturated rings. The summed E-state index contributed by atoms with van der Waals surface area (Å²) >= 11 is 6.27. The van der Waals surface area contributed by atoms with E-state index in [9.17, 15) is 4.79 Å². The number of rotatable bonds is 6. The molecule has 1 spiro atoms. The van der Waals surface area contributed by atoms with Gasteiger partial charge in [-0.05, 0) is 37.7 Å². The number of aliphatic hydroxyl groups is 1. The van der Waals surface area contributed by atoms with Gasteiger partial charge in [-0.3, -0.25) is 9.48 Å². The molecule has 7 nitrogen and oxygen atoms in total. The Morgan fingerprint density at radius 3 is 2.81 bits per heavy atom. The first kappa shape index (κ1) is 22.4. The van der Waals surface area contributed by atoms with Gasteiger partial charge in [0.1, 0.15) is 0 Å². The van der Waals surface area contributed by atoms with Gasteiger partial charge in [0.15, 0.2) is 5.60 Å². The Morgan fingerprint density at radius 2 is 2.13 bits per heavy atom. The van der Waals surface area contributed by atoms with Gasteiger partial charge in [0, 0.05) is 54.9 Å². The summed E-state index contributed by atoms with van der Waals surface area (Å²) in [4.78, 5) is 15.1. The Hall–Kier alpha value is -1.81. The molecule has 2 aliphatic heterocycles. The van der Waals surface area contributed by atoms with Gasteiger partial charge in [-0.2, -0.15) is 0 Å². The number of aromatic nitrogens is 3. The van der Waals surface area contributed by atoms with Crippen LogP contribution in [0.1, 0.15) is 24.6 Å². The smallest absolute Gasteiger partial charge is 0.264 e. The number of ether oxygens (including phenoxy) is 1. The van der Waals surface area contributed by atoms with E-state index in [4.69, 9.17) is 21.4 Å². The van der Waals surface area contributed by atoms with Crippen LogP contribution in [0.3, 0.4) is 0 Å². The normalized spacial score (nSPS) is 28.0. The fraction of sp³-hybridized carbons (Fsp3) is 0.571. The third kappa shape index (κ3) is 3.61. The maximum absolute atomic E-state index is 15.6. The molecule has 1 N–H and O–H groups in total. The molecular weight excluding hydrogens is 439 g/mol. The second-order valence-corrected chi connectivity index (χ2v) is 13.3. The van der Waals surface area contributed by atoms with Crippen LogP contribution in [0.15, 0.2) is 24.4 Å². The predicted octanol–water partition coefficient (Wildman–Crippen LogP) is 3.31. The summed E-state index contributed by atoms with van der Waals surface area (Å²) in [5.74, 6) is -0.506. The summed E-state index contributed by atoms with van der Waals surface area (Å²) in [7, 11) is -1.46. The Balaban J connectivity index is 1.67. The molecular formula is C21H28ClFN4O3Si. The summed E-state index contributed by atoms with van der Waals surface area (Å²) in [6.45, 7) is 5.78. The molecule has 0 saturated carbocycles. The minimum absolute atomic E-state index is 0.00573. The number of likely N-dealkylation sites (N-methyl/N-ethyl adjacent to an activating group) is 1. The lowest BCUT2D eigenvalue weighted by molar-refractivity contribution is -0.145. The second kappa shape index (κ2) is 7.95. The molecule has 0 aliphatic carbocycles. The van der Waals surface area contributed by atoms with Crippen LogP contribution < -0.4 is 4.90 Å². The second-order valence-electron chi connectivity index (χ2n) is 9.03. The number of hydrogen-bond donors (Lipinski definition) is 1. The van der Waals surface area contributed by atoms with Gasteiger partial charge in [0.05, 0.1) is 17.5 Å². The summed E-state index contributed by atoms with van der Waals surface area (Å²) < 4.78 is 23.8. The quantitative estimate of drug-likeness (QED) is 0.521. The molecule has 31 heavy (non-hydrogen) atoms. The van der Waals surface area contributed by atoms with Crippen LogP contribution in [0, 0.1) is 5.92 Å². The molecule has 0 radical (unpaired) electrons. The SMILES string of the molecule is C[C@H]1[C@H]([Si](C)(C)F)[C@@H](CCn2cc(CCO)nn2)O[C@]12C(=O)N(C)c1ccc(Cl)cc12. The van der Waals surface area contributed by atoms with Gasteiger partial charge in [-0.15, -0.1) is 5.10 Å². The lowest BCUT2D eigenvalue weighted by Gasteiger charge is -2.31. The maximum atomic E-state index is 15.6. The Labute approximate surface area is 187 Å². The molecule has 4 rings (SSSR count). The van der Waals surface area contributed by atoms with Crippen molar-refractivity contribution in [2.45, 2.75) is 56.7 Å². The molecule has 0 unspecified atom stereocenters. The van der Waals surface area contributed by atoms with Crippen molar-refractivity contribution in [3.63, 3.8) is 0 Å². The Bertz CT molecular complexity index is 997. The highest BCUT2D eigenvalue weighted by molar-refractivity contribution is 6.72. The number of aryl methyl sites for hydroxylation is 1. The highest BCUT2D eigenvalue weighted by Crippen LogP contribution is 2.60. The predicted molar refractivity (Wildman–Crippen MR) is 118 cm³/mol. The maximum Gasteiger partial charge on any atom is 0.264 e. The first-order chi connectivity index (χ1) is 14.6. The number of anilines is 1.